The lowest BCUT2D eigenvalue weighted by atomic mass is 9.91. The molecule has 1 N–H and O–H groups in total. The highest BCUT2D eigenvalue weighted by Gasteiger charge is 2.49. The van der Waals surface area contributed by atoms with Crippen LogP contribution in [0.5, 0.6) is 11.5 Å². The van der Waals surface area contributed by atoms with E-state index in [9.17, 15) is 14.4 Å². The fourth-order valence-electron chi connectivity index (χ4n) is 4.49. The second-order valence-corrected chi connectivity index (χ2v) is 8.42. The van der Waals surface area contributed by atoms with Gasteiger partial charge in [-0.05, 0) is 61.1 Å². The van der Waals surface area contributed by atoms with Gasteiger partial charge < -0.3 is 14.8 Å². The maximum absolute atomic E-state index is 13.2. The van der Waals surface area contributed by atoms with E-state index in [4.69, 9.17) is 9.47 Å². The Bertz CT molecular complexity index is 1100. The number of benzene rings is 2. The maximum atomic E-state index is 13.2. The summed E-state index contributed by atoms with van der Waals surface area (Å²) in [5.41, 5.74) is 2.29. The standard InChI is InChI=1S/C24H24N2O5/c1-24(18-8-9-20-21(13-18)31-11-3-10-30-20)22(28)26(23(29)25-24)14-19(27)17-7-6-15-4-2-5-16(15)12-17/h6-9,12-13H,2-5,10-11,14H2,1H3,(H,25,29)/t24-/m0/s1. The Hall–Kier alpha value is -3.35. The lowest BCUT2D eigenvalue weighted by Gasteiger charge is -2.23. The lowest BCUT2D eigenvalue weighted by Crippen LogP contribution is -2.41. The number of carbonyl (C=O) groups is 3. The van der Waals surface area contributed by atoms with Crippen LogP contribution < -0.4 is 14.8 Å². The first-order valence-corrected chi connectivity index (χ1v) is 10.6. The Morgan fingerprint density at radius 2 is 1.77 bits per heavy atom. The molecule has 1 aliphatic carbocycles. The molecule has 0 aromatic heterocycles. The summed E-state index contributed by atoms with van der Waals surface area (Å²) in [6.45, 7) is 2.45. The van der Waals surface area contributed by atoms with Gasteiger partial charge in [0.1, 0.15) is 5.54 Å². The number of nitrogens with zero attached hydrogens (tertiary/aromatic N) is 1. The Kier molecular flexibility index (Phi) is 4.68. The molecule has 0 radical (unpaired) electrons. The molecule has 0 saturated carbocycles. The summed E-state index contributed by atoms with van der Waals surface area (Å²) < 4.78 is 11.4. The van der Waals surface area contributed by atoms with Crippen molar-refractivity contribution < 1.29 is 23.9 Å². The predicted molar refractivity (Wildman–Crippen MR) is 112 cm³/mol. The van der Waals surface area contributed by atoms with E-state index in [1.54, 1.807) is 31.2 Å². The summed E-state index contributed by atoms with van der Waals surface area (Å²) in [5.74, 6) is 0.457. The first-order valence-electron chi connectivity index (χ1n) is 10.6. The number of ether oxygens (including phenoxy) is 2. The summed E-state index contributed by atoms with van der Waals surface area (Å²) in [4.78, 5) is 39.8. The summed E-state index contributed by atoms with van der Waals surface area (Å²) >= 11 is 0. The summed E-state index contributed by atoms with van der Waals surface area (Å²) in [6, 6.07) is 10.3. The van der Waals surface area contributed by atoms with Gasteiger partial charge in [0.05, 0.1) is 19.8 Å². The second kappa shape index (κ2) is 7.41. The molecule has 1 saturated heterocycles. The van der Waals surface area contributed by atoms with E-state index in [1.807, 2.05) is 12.1 Å². The number of imide groups is 1. The van der Waals surface area contributed by atoms with Crippen molar-refractivity contribution in [2.24, 2.45) is 0 Å². The SMILES string of the molecule is C[C@@]1(c2ccc3c(c2)OCCCO3)NC(=O)N(CC(=O)c2ccc3c(c2)CCC3)C1=O. The van der Waals surface area contributed by atoms with Crippen molar-refractivity contribution in [1.82, 2.24) is 10.2 Å². The summed E-state index contributed by atoms with van der Waals surface area (Å²) in [6.07, 6.45) is 3.86. The van der Waals surface area contributed by atoms with E-state index >= 15 is 0 Å². The number of urea groups is 1. The van der Waals surface area contributed by atoms with Gasteiger partial charge in [-0.1, -0.05) is 18.2 Å². The van der Waals surface area contributed by atoms with Crippen LogP contribution in [0.4, 0.5) is 4.79 Å². The average molecular weight is 420 g/mol. The van der Waals surface area contributed by atoms with Crippen LogP contribution in [-0.4, -0.2) is 42.4 Å². The van der Waals surface area contributed by atoms with Crippen LogP contribution in [-0.2, 0) is 23.2 Å². The third-order valence-electron chi connectivity index (χ3n) is 6.32. The molecule has 7 heteroatoms. The molecular weight excluding hydrogens is 396 g/mol. The maximum Gasteiger partial charge on any atom is 0.325 e. The van der Waals surface area contributed by atoms with Gasteiger partial charge in [0.25, 0.3) is 5.91 Å². The molecule has 1 fully saturated rings. The number of Topliss-reactive ketones (excluding diaryl/α,β-unsaturated/α-hetero) is 1. The van der Waals surface area contributed by atoms with Gasteiger partial charge in [0.2, 0.25) is 0 Å². The third-order valence-corrected chi connectivity index (χ3v) is 6.32. The molecule has 3 aliphatic rings. The quantitative estimate of drug-likeness (QED) is 0.607. The average Bonchev–Trinajstić information content (AvgIpc) is 3.22. The van der Waals surface area contributed by atoms with Crippen LogP contribution in [0, 0.1) is 0 Å². The van der Waals surface area contributed by atoms with Gasteiger partial charge in [0.15, 0.2) is 17.3 Å². The van der Waals surface area contributed by atoms with Crippen LogP contribution in [0.25, 0.3) is 0 Å². The van der Waals surface area contributed by atoms with Gasteiger partial charge in [-0.2, -0.15) is 0 Å². The first-order chi connectivity index (χ1) is 15.0. The van der Waals surface area contributed by atoms with Crippen molar-refractivity contribution >= 4 is 17.7 Å². The van der Waals surface area contributed by atoms with Gasteiger partial charge in [-0.15, -0.1) is 0 Å². The van der Waals surface area contributed by atoms with Crippen molar-refractivity contribution in [3.05, 3.63) is 58.7 Å². The van der Waals surface area contributed by atoms with Crippen molar-refractivity contribution in [1.29, 1.82) is 0 Å². The zero-order valence-electron chi connectivity index (χ0n) is 17.4. The smallest absolute Gasteiger partial charge is 0.325 e. The minimum Gasteiger partial charge on any atom is -0.490 e. The van der Waals surface area contributed by atoms with Crippen LogP contribution >= 0.6 is 0 Å². The Morgan fingerprint density at radius 3 is 2.61 bits per heavy atom. The zero-order chi connectivity index (χ0) is 21.6. The molecule has 2 aromatic carbocycles. The molecule has 160 valence electrons. The fourth-order valence-corrected chi connectivity index (χ4v) is 4.49. The molecule has 7 nitrogen and oxygen atoms in total. The number of hydrogen-bond acceptors (Lipinski definition) is 5. The van der Waals surface area contributed by atoms with Gasteiger partial charge in [-0.25, -0.2) is 4.79 Å². The number of rotatable bonds is 4. The van der Waals surface area contributed by atoms with Gasteiger partial charge >= 0.3 is 6.03 Å². The largest absolute Gasteiger partial charge is 0.490 e. The van der Waals surface area contributed by atoms with Crippen LogP contribution in [0.1, 0.15) is 46.8 Å². The number of carbonyl (C=O) groups excluding carboxylic acids is 3. The van der Waals surface area contributed by atoms with Crippen LogP contribution in [0.3, 0.4) is 0 Å². The van der Waals surface area contributed by atoms with E-state index in [0.717, 1.165) is 30.6 Å². The monoisotopic (exact) mass is 420 g/mol. The van der Waals surface area contributed by atoms with E-state index in [1.165, 1.54) is 11.1 Å². The van der Waals surface area contributed by atoms with Crippen LogP contribution in [0.2, 0.25) is 0 Å². The van der Waals surface area contributed by atoms with Crippen molar-refractivity contribution in [2.45, 2.75) is 38.1 Å². The molecule has 31 heavy (non-hydrogen) atoms. The van der Waals surface area contributed by atoms with E-state index in [0.29, 0.717) is 35.8 Å². The highest BCUT2D eigenvalue weighted by atomic mass is 16.5. The minimum atomic E-state index is -1.28. The molecule has 0 unspecified atom stereocenters. The highest BCUT2D eigenvalue weighted by Crippen LogP contribution is 2.36. The third kappa shape index (κ3) is 3.34. The topological polar surface area (TPSA) is 84.9 Å². The molecular formula is C24H24N2O5. The lowest BCUT2D eigenvalue weighted by molar-refractivity contribution is -0.130. The number of hydrogen-bond donors (Lipinski definition) is 1. The Labute approximate surface area is 180 Å². The van der Waals surface area contributed by atoms with Crippen LogP contribution in [0.15, 0.2) is 36.4 Å². The van der Waals surface area contributed by atoms with E-state index in [2.05, 4.69) is 5.32 Å². The van der Waals surface area contributed by atoms with E-state index < -0.39 is 17.5 Å². The molecule has 5 rings (SSSR count). The summed E-state index contributed by atoms with van der Waals surface area (Å²) in [7, 11) is 0. The highest BCUT2D eigenvalue weighted by molar-refractivity contribution is 6.11. The molecule has 0 bridgehead atoms. The molecule has 0 spiro atoms. The molecule has 1 atom stereocenters. The second-order valence-electron chi connectivity index (χ2n) is 8.42. The Morgan fingerprint density at radius 1 is 1.00 bits per heavy atom. The van der Waals surface area contributed by atoms with Gasteiger partial charge in [-0.3, -0.25) is 14.5 Å². The van der Waals surface area contributed by atoms with Crippen molar-refractivity contribution in [3.8, 4) is 11.5 Å². The number of fused-ring (bicyclic) bond motifs is 2. The van der Waals surface area contributed by atoms with Crippen molar-refractivity contribution in [2.75, 3.05) is 19.8 Å². The number of nitrogens with one attached hydrogen (secondary N) is 1. The molecule has 2 aromatic rings. The summed E-state index contributed by atoms with van der Waals surface area (Å²) in [5, 5.41) is 2.76. The van der Waals surface area contributed by atoms with Gasteiger partial charge in [0, 0.05) is 12.0 Å². The number of ketones is 1. The minimum absolute atomic E-state index is 0.249. The molecule has 3 amide bonds. The fraction of sp³-hybridized carbons (Fsp3) is 0.375. The number of amides is 3. The zero-order valence-corrected chi connectivity index (χ0v) is 17.4. The Balaban J connectivity index is 1.38. The number of aryl methyl sites for hydroxylation is 2. The normalized spacial score (nSPS) is 22.2. The first kappa shape index (κ1) is 19.6. The molecule has 2 aliphatic heterocycles. The molecule has 2 heterocycles. The van der Waals surface area contributed by atoms with E-state index in [-0.39, 0.29) is 12.3 Å². The van der Waals surface area contributed by atoms with Crippen molar-refractivity contribution in [3.63, 3.8) is 0 Å². The predicted octanol–water partition coefficient (Wildman–Crippen LogP) is 2.99.